The van der Waals surface area contributed by atoms with E-state index in [-0.39, 0.29) is 6.54 Å². The van der Waals surface area contributed by atoms with Crippen LogP contribution in [-0.4, -0.2) is 25.2 Å². The molecular weight excluding hydrogens is 119 g/mol. The van der Waals surface area contributed by atoms with Gasteiger partial charge in [0.25, 0.3) is 5.92 Å². The van der Waals surface area contributed by atoms with Crippen LogP contribution in [0.5, 0.6) is 0 Å². The van der Waals surface area contributed by atoms with Crippen LogP contribution in [0.4, 0.5) is 13.2 Å². The molecule has 1 heterocycles. The van der Waals surface area contributed by atoms with Gasteiger partial charge in [-0.25, -0.2) is 18.5 Å². The molecule has 1 saturated heterocycles. The third kappa shape index (κ3) is 0.798. The zero-order chi connectivity index (χ0) is 6.20. The molecule has 8 heavy (non-hydrogen) atoms. The second-order valence-corrected chi connectivity index (χ2v) is 1.79. The molecule has 0 aromatic rings. The molecule has 1 rings (SSSR count). The van der Waals surface area contributed by atoms with Crippen LogP contribution < -0.4 is 5.32 Å². The van der Waals surface area contributed by atoms with Crippen LogP contribution in [0.1, 0.15) is 0 Å². The average molecular weight is 124 g/mol. The number of alkyl halides is 3. The molecule has 0 amide bonds. The van der Waals surface area contributed by atoms with Crippen molar-refractivity contribution in [2.75, 3.05) is 13.1 Å². The van der Waals surface area contributed by atoms with E-state index < -0.39 is 18.6 Å². The van der Waals surface area contributed by atoms with Crippen LogP contribution in [0.3, 0.4) is 0 Å². The molecular formula is C4H5F3N. The Kier molecular flexibility index (Phi) is 1.19. The van der Waals surface area contributed by atoms with E-state index in [4.69, 9.17) is 0 Å². The lowest BCUT2D eigenvalue weighted by atomic mass is 10.3. The number of hydrogen-bond donors (Lipinski definition) is 0. The summed E-state index contributed by atoms with van der Waals surface area (Å²) >= 11 is 0. The third-order valence-corrected chi connectivity index (χ3v) is 1.07. The van der Waals surface area contributed by atoms with Gasteiger partial charge in [0, 0.05) is 0 Å². The fraction of sp³-hybridized carbons (Fsp3) is 1.00. The lowest BCUT2D eigenvalue weighted by molar-refractivity contribution is -0.0357. The molecule has 0 spiro atoms. The summed E-state index contributed by atoms with van der Waals surface area (Å²) in [6, 6.07) is 0. The first kappa shape index (κ1) is 5.88. The van der Waals surface area contributed by atoms with Gasteiger partial charge >= 0.3 is 0 Å². The number of hydrogen-bond acceptors (Lipinski definition) is 0. The lowest BCUT2D eigenvalue weighted by Crippen LogP contribution is -2.27. The van der Waals surface area contributed by atoms with Crippen molar-refractivity contribution >= 4 is 0 Å². The Labute approximate surface area is 44.9 Å². The van der Waals surface area contributed by atoms with Crippen molar-refractivity contribution < 1.29 is 13.2 Å². The topological polar surface area (TPSA) is 14.1 Å². The Morgan fingerprint density at radius 2 is 2.12 bits per heavy atom. The van der Waals surface area contributed by atoms with Gasteiger partial charge in [-0.2, -0.15) is 0 Å². The predicted molar refractivity (Wildman–Crippen MR) is 21.7 cm³/mol. The summed E-state index contributed by atoms with van der Waals surface area (Å²) in [5.74, 6) is -3.18. The minimum Gasteiger partial charge on any atom is -0.239 e. The van der Waals surface area contributed by atoms with Crippen molar-refractivity contribution in [2.24, 2.45) is 0 Å². The van der Waals surface area contributed by atoms with Crippen molar-refractivity contribution in [2.45, 2.75) is 12.1 Å². The summed E-state index contributed by atoms with van der Waals surface area (Å²) < 4.78 is 35.6. The Morgan fingerprint density at radius 3 is 2.25 bits per heavy atom. The maximum absolute atomic E-state index is 11.9. The van der Waals surface area contributed by atoms with E-state index in [1.807, 2.05) is 0 Å². The molecule has 1 radical (unpaired) electrons. The molecule has 47 valence electrons. The molecule has 0 N–H and O–H groups in total. The van der Waals surface area contributed by atoms with E-state index in [2.05, 4.69) is 5.32 Å². The maximum atomic E-state index is 11.9. The van der Waals surface area contributed by atoms with Gasteiger partial charge in [-0.3, -0.25) is 0 Å². The van der Waals surface area contributed by atoms with Crippen LogP contribution in [-0.2, 0) is 0 Å². The van der Waals surface area contributed by atoms with Gasteiger partial charge < -0.3 is 0 Å². The monoisotopic (exact) mass is 124 g/mol. The second kappa shape index (κ2) is 1.62. The summed E-state index contributed by atoms with van der Waals surface area (Å²) in [4.78, 5) is 0. The molecule has 1 fully saturated rings. The Morgan fingerprint density at radius 1 is 1.50 bits per heavy atom. The molecule has 1 nitrogen and oxygen atoms in total. The van der Waals surface area contributed by atoms with Crippen molar-refractivity contribution in [1.29, 1.82) is 0 Å². The lowest BCUT2D eigenvalue weighted by Gasteiger charge is -2.07. The molecule has 4 heteroatoms. The third-order valence-electron chi connectivity index (χ3n) is 1.07. The van der Waals surface area contributed by atoms with Gasteiger partial charge in [-0.05, 0) is 0 Å². The first-order valence-corrected chi connectivity index (χ1v) is 2.28. The predicted octanol–water partition coefficient (Wildman–Crippen LogP) is 0.578. The summed E-state index contributed by atoms with van der Waals surface area (Å²) in [7, 11) is 0. The van der Waals surface area contributed by atoms with Crippen molar-refractivity contribution in [3.8, 4) is 0 Å². The SMILES string of the molecule is FC1C[N]CC1(F)F. The van der Waals surface area contributed by atoms with Crippen molar-refractivity contribution in [3.63, 3.8) is 0 Å². The van der Waals surface area contributed by atoms with E-state index in [1.165, 1.54) is 0 Å². The number of halogens is 3. The highest BCUT2D eigenvalue weighted by Gasteiger charge is 2.45. The van der Waals surface area contributed by atoms with Crippen LogP contribution in [0, 0.1) is 0 Å². The molecule has 1 aliphatic heterocycles. The zero-order valence-electron chi connectivity index (χ0n) is 4.07. The first-order chi connectivity index (χ1) is 3.63. The number of nitrogens with zero attached hydrogens (tertiary/aromatic N) is 1. The zero-order valence-corrected chi connectivity index (χ0v) is 4.07. The van der Waals surface area contributed by atoms with Crippen LogP contribution in [0.15, 0.2) is 0 Å². The number of rotatable bonds is 0. The van der Waals surface area contributed by atoms with Gasteiger partial charge in [-0.15, -0.1) is 0 Å². The van der Waals surface area contributed by atoms with Crippen LogP contribution in [0.25, 0.3) is 0 Å². The Balaban J connectivity index is 2.54. The average Bonchev–Trinajstić information content (AvgIpc) is 1.86. The minimum atomic E-state index is -3.18. The normalized spacial score (nSPS) is 35.6. The summed E-state index contributed by atoms with van der Waals surface area (Å²) in [6.07, 6.45) is -2.04. The van der Waals surface area contributed by atoms with E-state index in [0.29, 0.717) is 0 Å². The van der Waals surface area contributed by atoms with Gasteiger partial charge in [0.2, 0.25) is 0 Å². The highest BCUT2D eigenvalue weighted by Crippen LogP contribution is 2.24. The van der Waals surface area contributed by atoms with Gasteiger partial charge in [-0.1, -0.05) is 0 Å². The smallest absolute Gasteiger partial charge is 0.239 e. The molecule has 0 saturated carbocycles. The highest BCUT2D eigenvalue weighted by molar-refractivity contribution is 4.87. The highest BCUT2D eigenvalue weighted by atomic mass is 19.3. The van der Waals surface area contributed by atoms with Crippen LogP contribution in [0.2, 0.25) is 0 Å². The molecule has 1 unspecified atom stereocenters. The Hall–Kier alpha value is -0.250. The quantitative estimate of drug-likeness (QED) is 0.448. The fourth-order valence-electron chi connectivity index (χ4n) is 0.560. The summed E-state index contributed by atoms with van der Waals surface area (Å²) in [5, 5.41) is 3.19. The summed E-state index contributed by atoms with van der Waals surface area (Å²) in [5.41, 5.74) is 0. The molecule has 1 atom stereocenters. The summed E-state index contributed by atoms with van der Waals surface area (Å²) in [6.45, 7) is -0.985. The second-order valence-electron chi connectivity index (χ2n) is 1.79. The van der Waals surface area contributed by atoms with E-state index in [9.17, 15) is 13.2 Å². The molecule has 0 aromatic carbocycles. The van der Waals surface area contributed by atoms with Crippen molar-refractivity contribution in [3.05, 3.63) is 0 Å². The Bertz CT molecular complexity index is 93.3. The van der Waals surface area contributed by atoms with E-state index in [0.717, 1.165) is 0 Å². The maximum Gasteiger partial charge on any atom is 0.293 e. The van der Waals surface area contributed by atoms with Gasteiger partial charge in [0.15, 0.2) is 6.17 Å². The van der Waals surface area contributed by atoms with Gasteiger partial charge in [0.1, 0.15) is 0 Å². The largest absolute Gasteiger partial charge is 0.293 e. The standard InChI is InChI=1S/C4H5F3N/c5-3-1-8-2-4(3,6)7/h3H,1-2H2. The van der Waals surface area contributed by atoms with Crippen molar-refractivity contribution in [1.82, 2.24) is 5.32 Å². The molecule has 0 aliphatic carbocycles. The molecule has 1 aliphatic rings. The fourth-order valence-corrected chi connectivity index (χ4v) is 0.560. The van der Waals surface area contributed by atoms with Gasteiger partial charge in [0.05, 0.1) is 13.1 Å². The molecule has 0 bridgehead atoms. The minimum absolute atomic E-state index is 0.340. The van der Waals surface area contributed by atoms with E-state index in [1.54, 1.807) is 0 Å². The molecule has 0 aromatic heterocycles. The van der Waals surface area contributed by atoms with Crippen LogP contribution >= 0.6 is 0 Å². The van der Waals surface area contributed by atoms with E-state index >= 15 is 0 Å². The first-order valence-electron chi connectivity index (χ1n) is 2.28.